The van der Waals surface area contributed by atoms with E-state index >= 15 is 0 Å². The molecule has 3 unspecified atom stereocenters. The van der Waals surface area contributed by atoms with E-state index in [2.05, 4.69) is 17.0 Å². The lowest BCUT2D eigenvalue weighted by Crippen LogP contribution is -2.41. The van der Waals surface area contributed by atoms with E-state index in [-0.39, 0.29) is 12.1 Å². The molecule has 1 saturated carbocycles. The molecule has 1 aliphatic heterocycles. The topological polar surface area (TPSA) is 49.8 Å². The van der Waals surface area contributed by atoms with Gasteiger partial charge in [0, 0.05) is 12.6 Å². The molecule has 2 aliphatic rings. The van der Waals surface area contributed by atoms with Crippen molar-refractivity contribution in [2.75, 3.05) is 0 Å². The molecule has 3 rings (SSSR count). The lowest BCUT2D eigenvalue weighted by atomic mass is 9.84. The van der Waals surface area contributed by atoms with Crippen molar-refractivity contribution in [1.29, 1.82) is 0 Å². The number of benzene rings is 1. The zero-order valence-corrected chi connectivity index (χ0v) is 14.1. The van der Waals surface area contributed by atoms with Gasteiger partial charge in [0.05, 0.1) is 6.10 Å². The molecule has 3 atom stereocenters. The summed E-state index contributed by atoms with van der Waals surface area (Å²) in [5.74, 6) is 0.767. The first-order valence-electron chi connectivity index (χ1n) is 8.78. The minimum Gasteiger partial charge on any atom is -0.491 e. The fourth-order valence-electron chi connectivity index (χ4n) is 4.18. The van der Waals surface area contributed by atoms with Crippen molar-refractivity contribution in [1.82, 2.24) is 4.90 Å². The molecule has 0 radical (unpaired) electrons. The first kappa shape index (κ1) is 16.3. The van der Waals surface area contributed by atoms with Crippen LogP contribution in [0.5, 0.6) is 5.75 Å². The van der Waals surface area contributed by atoms with Crippen LogP contribution in [0.25, 0.3) is 0 Å². The van der Waals surface area contributed by atoms with Crippen molar-refractivity contribution in [2.24, 2.45) is 5.92 Å². The second-order valence-electron chi connectivity index (χ2n) is 7.18. The van der Waals surface area contributed by atoms with Crippen LogP contribution in [0.1, 0.15) is 51.5 Å². The lowest BCUT2D eigenvalue weighted by Gasteiger charge is -2.33. The number of aliphatic carboxylic acids is 1. The molecule has 1 aromatic carbocycles. The van der Waals surface area contributed by atoms with Gasteiger partial charge in [0.25, 0.3) is 0 Å². The third-order valence-electron chi connectivity index (χ3n) is 5.17. The first-order chi connectivity index (χ1) is 11.0. The third kappa shape index (κ3) is 3.69. The van der Waals surface area contributed by atoms with Gasteiger partial charge in [-0.2, -0.15) is 0 Å². The molecule has 4 nitrogen and oxygen atoms in total. The van der Waals surface area contributed by atoms with Gasteiger partial charge in [-0.25, -0.2) is 0 Å². The first-order valence-corrected chi connectivity index (χ1v) is 8.78. The third-order valence-corrected chi connectivity index (χ3v) is 5.17. The number of ether oxygens (including phenoxy) is 1. The normalized spacial score (nSPS) is 27.9. The molecular weight excluding hydrogens is 290 g/mol. The molecule has 1 saturated heterocycles. The Morgan fingerprint density at radius 2 is 1.96 bits per heavy atom. The molecule has 4 heteroatoms. The number of rotatable bonds is 5. The van der Waals surface area contributed by atoms with E-state index in [9.17, 15) is 9.90 Å². The summed E-state index contributed by atoms with van der Waals surface area (Å²) in [6.07, 6.45) is 5.79. The van der Waals surface area contributed by atoms with E-state index in [4.69, 9.17) is 4.74 Å². The number of carboxylic acids is 1. The number of carbonyl (C=O) groups is 1. The summed E-state index contributed by atoms with van der Waals surface area (Å²) in [5.41, 5.74) is 1.17. The minimum atomic E-state index is -0.667. The van der Waals surface area contributed by atoms with Crippen LogP contribution in [0.3, 0.4) is 0 Å². The second-order valence-corrected chi connectivity index (χ2v) is 7.18. The Labute approximate surface area is 138 Å². The quantitative estimate of drug-likeness (QED) is 0.900. The van der Waals surface area contributed by atoms with E-state index in [1.165, 1.54) is 24.8 Å². The Morgan fingerprint density at radius 3 is 2.61 bits per heavy atom. The minimum absolute atomic E-state index is 0.166. The number of nitrogens with zero attached hydrogens (tertiary/aromatic N) is 1. The standard InChI is InChI=1S/C19H27NO3/c1-13(2)23-16-9-7-14(8-10-16)12-20-17-6-4-3-5-15(17)11-18(20)19(21)22/h7-10,13,15,17-18H,3-6,11-12H2,1-2H3,(H,21,22). The number of hydrogen-bond donors (Lipinski definition) is 1. The van der Waals surface area contributed by atoms with Gasteiger partial charge >= 0.3 is 5.97 Å². The molecule has 2 fully saturated rings. The van der Waals surface area contributed by atoms with Crippen LogP contribution in [0.15, 0.2) is 24.3 Å². The maximum Gasteiger partial charge on any atom is 0.320 e. The molecular formula is C19H27NO3. The predicted octanol–water partition coefficient (Wildman–Crippen LogP) is 3.69. The van der Waals surface area contributed by atoms with Crippen LogP contribution < -0.4 is 4.74 Å². The summed E-state index contributed by atoms with van der Waals surface area (Å²) >= 11 is 0. The average molecular weight is 317 g/mol. The van der Waals surface area contributed by atoms with Crippen LogP contribution >= 0.6 is 0 Å². The molecule has 126 valence electrons. The maximum atomic E-state index is 11.7. The Kier molecular flexibility index (Phi) is 4.90. The van der Waals surface area contributed by atoms with E-state index in [1.54, 1.807) is 0 Å². The van der Waals surface area contributed by atoms with E-state index in [0.29, 0.717) is 12.0 Å². The highest BCUT2D eigenvalue weighted by Gasteiger charge is 2.44. The van der Waals surface area contributed by atoms with Crippen molar-refractivity contribution < 1.29 is 14.6 Å². The van der Waals surface area contributed by atoms with Crippen molar-refractivity contribution in [3.8, 4) is 5.75 Å². The zero-order valence-electron chi connectivity index (χ0n) is 14.1. The maximum absolute atomic E-state index is 11.7. The molecule has 0 bridgehead atoms. The van der Waals surface area contributed by atoms with Gasteiger partial charge in [0.2, 0.25) is 0 Å². The van der Waals surface area contributed by atoms with Crippen molar-refractivity contribution >= 4 is 5.97 Å². The summed E-state index contributed by atoms with van der Waals surface area (Å²) < 4.78 is 5.68. The van der Waals surface area contributed by atoms with Gasteiger partial charge in [-0.15, -0.1) is 0 Å². The fourth-order valence-corrected chi connectivity index (χ4v) is 4.18. The second kappa shape index (κ2) is 6.91. The highest BCUT2D eigenvalue weighted by Crippen LogP contribution is 2.40. The van der Waals surface area contributed by atoms with E-state index < -0.39 is 5.97 Å². The number of carboxylic acid groups (broad SMARTS) is 1. The highest BCUT2D eigenvalue weighted by molar-refractivity contribution is 5.74. The largest absolute Gasteiger partial charge is 0.491 e. The van der Waals surface area contributed by atoms with Gasteiger partial charge in [0.15, 0.2) is 0 Å². The Hall–Kier alpha value is -1.55. The van der Waals surface area contributed by atoms with Crippen LogP contribution in [-0.2, 0) is 11.3 Å². The predicted molar refractivity (Wildman–Crippen MR) is 89.5 cm³/mol. The van der Waals surface area contributed by atoms with Crippen LogP contribution in [0.2, 0.25) is 0 Å². The molecule has 0 aromatic heterocycles. The lowest BCUT2D eigenvalue weighted by molar-refractivity contribution is -0.142. The Bertz CT molecular complexity index is 540. The fraction of sp³-hybridized carbons (Fsp3) is 0.632. The number of likely N-dealkylation sites (tertiary alicyclic amines) is 1. The monoisotopic (exact) mass is 317 g/mol. The molecule has 0 spiro atoms. The molecule has 1 aromatic rings. The highest BCUT2D eigenvalue weighted by atomic mass is 16.5. The smallest absolute Gasteiger partial charge is 0.320 e. The van der Waals surface area contributed by atoms with Crippen LogP contribution in [0.4, 0.5) is 0 Å². The Morgan fingerprint density at radius 1 is 1.26 bits per heavy atom. The summed E-state index contributed by atoms with van der Waals surface area (Å²) in [4.78, 5) is 13.9. The van der Waals surface area contributed by atoms with Gasteiger partial charge in [0.1, 0.15) is 11.8 Å². The summed E-state index contributed by atoms with van der Waals surface area (Å²) in [6, 6.07) is 8.21. The van der Waals surface area contributed by atoms with Crippen molar-refractivity contribution in [3.05, 3.63) is 29.8 Å². The van der Waals surface area contributed by atoms with Crippen molar-refractivity contribution in [2.45, 2.75) is 70.7 Å². The molecule has 1 heterocycles. The van der Waals surface area contributed by atoms with Gasteiger partial charge < -0.3 is 9.84 Å². The zero-order chi connectivity index (χ0) is 16.4. The summed E-state index contributed by atoms with van der Waals surface area (Å²) in [7, 11) is 0. The SMILES string of the molecule is CC(C)Oc1ccc(CN2C(C(=O)O)CC3CCCCC32)cc1. The summed E-state index contributed by atoms with van der Waals surface area (Å²) in [5, 5.41) is 9.59. The molecule has 23 heavy (non-hydrogen) atoms. The Balaban J connectivity index is 1.72. The van der Waals surface area contributed by atoms with Gasteiger partial charge in [-0.05, 0) is 56.7 Å². The van der Waals surface area contributed by atoms with E-state index in [0.717, 1.165) is 25.1 Å². The molecule has 0 amide bonds. The number of fused-ring (bicyclic) bond motifs is 1. The molecule has 1 aliphatic carbocycles. The van der Waals surface area contributed by atoms with Crippen molar-refractivity contribution in [3.63, 3.8) is 0 Å². The molecule has 1 N–H and O–H groups in total. The summed E-state index contributed by atoms with van der Waals surface area (Å²) in [6.45, 7) is 4.75. The average Bonchev–Trinajstić information content (AvgIpc) is 2.88. The van der Waals surface area contributed by atoms with E-state index in [1.807, 2.05) is 26.0 Å². The number of hydrogen-bond acceptors (Lipinski definition) is 3. The van der Waals surface area contributed by atoms with Gasteiger partial charge in [-0.1, -0.05) is 25.0 Å². The van der Waals surface area contributed by atoms with Crippen LogP contribution in [-0.4, -0.2) is 34.2 Å². The van der Waals surface area contributed by atoms with Crippen LogP contribution in [0, 0.1) is 5.92 Å². The van der Waals surface area contributed by atoms with Gasteiger partial charge in [-0.3, -0.25) is 9.69 Å².